The minimum absolute atomic E-state index is 0. The molecule has 0 aliphatic rings. The van der Waals surface area contributed by atoms with Gasteiger partial charge in [0.1, 0.15) is 5.75 Å². The number of hydrogen-bond donors (Lipinski definition) is 0. The van der Waals surface area contributed by atoms with Gasteiger partial charge < -0.3 is 9.64 Å². The normalized spacial score (nSPS) is 10.8. The first-order valence-corrected chi connectivity index (χ1v) is 10.4. The fraction of sp³-hybridized carbons (Fsp3) is 0.364. The van der Waals surface area contributed by atoms with Crippen molar-refractivity contribution in [3.8, 4) is 5.75 Å². The number of rotatable bonds is 8. The predicted molar refractivity (Wildman–Crippen MR) is 124 cm³/mol. The first kappa shape index (κ1) is 23.1. The maximum absolute atomic E-state index is 13.5. The molecular formula is C22H28ClN3O2S. The van der Waals surface area contributed by atoms with Crippen molar-refractivity contribution in [3.05, 3.63) is 53.6 Å². The Morgan fingerprint density at radius 3 is 2.52 bits per heavy atom. The van der Waals surface area contributed by atoms with Gasteiger partial charge in [0.25, 0.3) is 5.91 Å². The number of methoxy groups -OCH3 is 1. The van der Waals surface area contributed by atoms with E-state index in [0.717, 1.165) is 35.0 Å². The topological polar surface area (TPSA) is 45.7 Å². The van der Waals surface area contributed by atoms with E-state index in [2.05, 4.69) is 31.7 Å². The highest BCUT2D eigenvalue weighted by molar-refractivity contribution is 7.22. The van der Waals surface area contributed by atoms with Gasteiger partial charge in [0.2, 0.25) is 0 Å². The van der Waals surface area contributed by atoms with Gasteiger partial charge in [-0.2, -0.15) is 0 Å². The van der Waals surface area contributed by atoms with Crippen LogP contribution in [0.1, 0.15) is 29.8 Å². The Balaban J connectivity index is 0.00000300. The van der Waals surface area contributed by atoms with Crippen molar-refractivity contribution < 1.29 is 9.53 Å². The lowest BCUT2D eigenvalue weighted by molar-refractivity contribution is 0.0981. The van der Waals surface area contributed by atoms with Crippen LogP contribution in [0, 0.1) is 6.92 Å². The van der Waals surface area contributed by atoms with Crippen molar-refractivity contribution in [1.82, 2.24) is 9.88 Å². The van der Waals surface area contributed by atoms with Crippen molar-refractivity contribution >= 4 is 45.0 Å². The van der Waals surface area contributed by atoms with E-state index in [1.165, 1.54) is 5.56 Å². The number of carbonyl (C=O) groups is 1. The highest BCUT2D eigenvalue weighted by Crippen LogP contribution is 2.31. The zero-order chi connectivity index (χ0) is 20.1. The molecule has 3 aromatic rings. The third-order valence-electron chi connectivity index (χ3n) is 4.88. The Morgan fingerprint density at radius 2 is 1.83 bits per heavy atom. The average Bonchev–Trinajstić information content (AvgIpc) is 3.13. The minimum atomic E-state index is -0.0830. The number of fused-ring (bicyclic) bond motifs is 1. The van der Waals surface area contributed by atoms with Crippen molar-refractivity contribution in [2.45, 2.75) is 20.8 Å². The maximum Gasteiger partial charge on any atom is 0.263 e. The third kappa shape index (κ3) is 5.26. The molecule has 0 saturated heterocycles. The second-order valence-electron chi connectivity index (χ2n) is 6.65. The summed E-state index contributed by atoms with van der Waals surface area (Å²) in [7, 11) is 1.59. The zero-order valence-electron chi connectivity index (χ0n) is 17.3. The lowest BCUT2D eigenvalue weighted by Crippen LogP contribution is -2.39. The van der Waals surface area contributed by atoms with E-state index in [9.17, 15) is 4.79 Å². The van der Waals surface area contributed by atoms with Crippen molar-refractivity contribution in [1.29, 1.82) is 0 Å². The van der Waals surface area contributed by atoms with Crippen LogP contribution in [0.2, 0.25) is 0 Å². The number of hydrogen-bond acceptors (Lipinski definition) is 5. The molecule has 0 saturated carbocycles. The van der Waals surface area contributed by atoms with E-state index in [4.69, 9.17) is 9.72 Å². The molecule has 0 N–H and O–H groups in total. The number of ether oxygens (including phenoxy) is 1. The van der Waals surface area contributed by atoms with Crippen LogP contribution in [0.15, 0.2) is 42.5 Å². The molecular weight excluding hydrogens is 406 g/mol. The van der Waals surface area contributed by atoms with E-state index >= 15 is 0 Å². The summed E-state index contributed by atoms with van der Waals surface area (Å²) in [6.07, 6.45) is 0. The summed E-state index contributed by atoms with van der Waals surface area (Å²) in [4.78, 5) is 22.3. The number of thiazole rings is 1. The SMILES string of the molecule is CCN(CC)CCN(C(=O)c1ccccc1OC)c1nc2ccc(C)cc2s1.Cl. The molecule has 2 aromatic carbocycles. The molecule has 1 amide bonds. The zero-order valence-corrected chi connectivity index (χ0v) is 19.0. The van der Waals surface area contributed by atoms with Gasteiger partial charge in [-0.15, -0.1) is 12.4 Å². The second kappa shape index (κ2) is 10.6. The number of aromatic nitrogens is 1. The highest BCUT2D eigenvalue weighted by atomic mass is 35.5. The van der Waals surface area contributed by atoms with E-state index in [-0.39, 0.29) is 18.3 Å². The lowest BCUT2D eigenvalue weighted by atomic mass is 10.1. The molecule has 0 aliphatic heterocycles. The first-order valence-electron chi connectivity index (χ1n) is 9.61. The van der Waals surface area contributed by atoms with E-state index in [1.54, 1.807) is 23.3 Å². The van der Waals surface area contributed by atoms with Crippen LogP contribution < -0.4 is 9.64 Å². The Bertz CT molecular complexity index is 956. The van der Waals surface area contributed by atoms with E-state index < -0.39 is 0 Å². The summed E-state index contributed by atoms with van der Waals surface area (Å²) in [5.74, 6) is 0.498. The van der Waals surface area contributed by atoms with Gasteiger partial charge >= 0.3 is 0 Å². The Hall–Kier alpha value is -2.15. The summed E-state index contributed by atoms with van der Waals surface area (Å²) in [5, 5.41) is 0.726. The molecule has 1 aromatic heterocycles. The number of aryl methyl sites for hydroxylation is 1. The number of benzene rings is 2. The van der Waals surface area contributed by atoms with Crippen LogP contribution in [0.4, 0.5) is 5.13 Å². The summed E-state index contributed by atoms with van der Waals surface area (Å²) in [6.45, 7) is 9.61. The van der Waals surface area contributed by atoms with Crippen molar-refractivity contribution in [3.63, 3.8) is 0 Å². The standard InChI is InChI=1S/C22H27N3O2S.ClH/c1-5-24(6-2)13-14-25(21(26)17-9-7-8-10-19(17)27-4)22-23-18-12-11-16(3)15-20(18)28-22;/h7-12,15H,5-6,13-14H2,1-4H3;1H. The molecule has 0 radical (unpaired) electrons. The van der Waals surface area contributed by atoms with Crippen LogP contribution in [-0.4, -0.2) is 49.1 Å². The number of nitrogens with zero attached hydrogens (tertiary/aromatic N) is 3. The lowest BCUT2D eigenvalue weighted by Gasteiger charge is -2.25. The molecule has 3 rings (SSSR count). The van der Waals surface area contributed by atoms with Gasteiger partial charge in [0.05, 0.1) is 22.9 Å². The van der Waals surface area contributed by atoms with Crippen LogP contribution in [-0.2, 0) is 0 Å². The van der Waals surface area contributed by atoms with Crippen molar-refractivity contribution in [2.75, 3.05) is 38.2 Å². The largest absolute Gasteiger partial charge is 0.496 e. The summed E-state index contributed by atoms with van der Waals surface area (Å²) in [6, 6.07) is 13.5. The van der Waals surface area contributed by atoms with Crippen LogP contribution in [0.25, 0.3) is 10.2 Å². The molecule has 0 fully saturated rings. The fourth-order valence-electron chi connectivity index (χ4n) is 3.17. The quantitative estimate of drug-likeness (QED) is 0.500. The predicted octanol–water partition coefficient (Wildman–Crippen LogP) is 5.02. The van der Waals surface area contributed by atoms with Crippen molar-refractivity contribution in [2.24, 2.45) is 0 Å². The number of amides is 1. The molecule has 0 atom stereocenters. The fourth-order valence-corrected chi connectivity index (χ4v) is 4.26. The van der Waals surface area contributed by atoms with Gasteiger partial charge in [-0.3, -0.25) is 9.69 Å². The van der Waals surface area contributed by atoms with Gasteiger partial charge in [-0.25, -0.2) is 4.98 Å². The number of halogens is 1. The second-order valence-corrected chi connectivity index (χ2v) is 7.66. The molecule has 0 unspecified atom stereocenters. The molecule has 7 heteroatoms. The van der Waals surface area contributed by atoms with Crippen LogP contribution >= 0.6 is 23.7 Å². The van der Waals surface area contributed by atoms with E-state index in [0.29, 0.717) is 17.9 Å². The molecule has 156 valence electrons. The van der Waals surface area contributed by atoms with Gasteiger partial charge in [0.15, 0.2) is 5.13 Å². The Morgan fingerprint density at radius 1 is 1.10 bits per heavy atom. The van der Waals surface area contributed by atoms with Gasteiger partial charge in [-0.1, -0.05) is 43.4 Å². The summed E-state index contributed by atoms with van der Waals surface area (Å²) in [5.41, 5.74) is 2.67. The monoisotopic (exact) mass is 433 g/mol. The molecule has 0 aliphatic carbocycles. The van der Waals surface area contributed by atoms with Crippen LogP contribution in [0.3, 0.4) is 0 Å². The average molecular weight is 434 g/mol. The van der Waals surface area contributed by atoms with Crippen LogP contribution in [0.5, 0.6) is 5.75 Å². The number of carbonyl (C=O) groups excluding carboxylic acids is 1. The smallest absolute Gasteiger partial charge is 0.263 e. The molecule has 1 heterocycles. The summed E-state index contributed by atoms with van der Waals surface area (Å²) >= 11 is 1.56. The number of likely N-dealkylation sites (N-methyl/N-ethyl adjacent to an activating group) is 1. The first-order chi connectivity index (χ1) is 13.6. The maximum atomic E-state index is 13.5. The number of para-hydroxylation sites is 1. The molecule has 5 nitrogen and oxygen atoms in total. The molecule has 0 spiro atoms. The number of anilines is 1. The molecule has 0 bridgehead atoms. The Labute approximate surface area is 182 Å². The van der Waals surface area contributed by atoms with Gasteiger partial charge in [-0.05, 0) is 49.8 Å². The minimum Gasteiger partial charge on any atom is -0.496 e. The third-order valence-corrected chi connectivity index (χ3v) is 5.92. The highest BCUT2D eigenvalue weighted by Gasteiger charge is 2.24. The molecule has 29 heavy (non-hydrogen) atoms. The van der Waals surface area contributed by atoms with E-state index in [1.807, 2.05) is 36.4 Å². The van der Waals surface area contributed by atoms with Gasteiger partial charge in [0, 0.05) is 13.1 Å². The summed E-state index contributed by atoms with van der Waals surface area (Å²) < 4.78 is 6.51. The Kier molecular flexibility index (Phi) is 8.44.